The molecule has 184 valence electrons. The highest BCUT2D eigenvalue weighted by Gasteiger charge is 2.47. The lowest BCUT2D eigenvalue weighted by Gasteiger charge is -2.38. The molecular formula is C26H33FN2O4S. The molecule has 0 saturated carbocycles. The van der Waals surface area contributed by atoms with Gasteiger partial charge in [0.15, 0.2) is 0 Å². The fraction of sp³-hybridized carbons (Fsp3) is 0.500. The molecule has 2 aliphatic heterocycles. The second-order valence-electron chi connectivity index (χ2n) is 9.71. The first-order valence-corrected chi connectivity index (χ1v) is 13.4. The van der Waals surface area contributed by atoms with E-state index in [9.17, 15) is 17.9 Å². The van der Waals surface area contributed by atoms with Gasteiger partial charge in [-0.2, -0.15) is 0 Å². The zero-order valence-electron chi connectivity index (χ0n) is 19.7. The number of aliphatic hydroxyl groups excluding tert-OH is 1. The molecule has 0 spiro atoms. The van der Waals surface area contributed by atoms with Crippen LogP contribution >= 0.6 is 0 Å². The van der Waals surface area contributed by atoms with Gasteiger partial charge in [-0.25, -0.2) is 12.8 Å². The van der Waals surface area contributed by atoms with Crippen LogP contribution in [0, 0.1) is 5.82 Å². The summed E-state index contributed by atoms with van der Waals surface area (Å²) in [4.78, 5) is 0. The lowest BCUT2D eigenvalue weighted by atomic mass is 9.88. The molecule has 34 heavy (non-hydrogen) atoms. The average Bonchev–Trinajstić information content (AvgIpc) is 2.79. The molecule has 8 heteroatoms. The molecule has 1 fully saturated rings. The molecule has 2 N–H and O–H groups in total. The number of nitrogens with one attached hydrogen (secondary N) is 1. The third-order valence-corrected chi connectivity index (χ3v) is 8.73. The summed E-state index contributed by atoms with van der Waals surface area (Å²) >= 11 is 0. The van der Waals surface area contributed by atoms with Crippen molar-refractivity contribution in [3.05, 3.63) is 71.0 Å². The Bertz CT molecular complexity index is 1130. The summed E-state index contributed by atoms with van der Waals surface area (Å²) in [6.45, 7) is 5.32. The van der Waals surface area contributed by atoms with E-state index in [0.717, 1.165) is 25.9 Å². The van der Waals surface area contributed by atoms with E-state index in [0.29, 0.717) is 17.0 Å². The van der Waals surface area contributed by atoms with E-state index < -0.39 is 32.6 Å². The number of nitrogens with zero attached hydrogens (tertiary/aromatic N) is 1. The van der Waals surface area contributed by atoms with Crippen LogP contribution in [0.2, 0.25) is 0 Å². The minimum Gasteiger partial charge on any atom is -0.472 e. The van der Waals surface area contributed by atoms with E-state index >= 15 is 0 Å². The lowest BCUT2D eigenvalue weighted by Crippen LogP contribution is -2.43. The van der Waals surface area contributed by atoms with Crippen molar-refractivity contribution < 1.29 is 22.7 Å². The zero-order valence-corrected chi connectivity index (χ0v) is 20.5. The van der Waals surface area contributed by atoms with Crippen LogP contribution in [0.4, 0.5) is 4.39 Å². The Balaban J connectivity index is 1.59. The van der Waals surface area contributed by atoms with Crippen molar-refractivity contribution in [3.8, 4) is 0 Å². The molecule has 2 aromatic rings. The molecule has 1 saturated heterocycles. The zero-order chi connectivity index (χ0) is 24.3. The number of benzene rings is 2. The van der Waals surface area contributed by atoms with Gasteiger partial charge in [-0.15, -0.1) is 4.40 Å². The van der Waals surface area contributed by atoms with Gasteiger partial charge in [-0.3, -0.25) is 0 Å². The summed E-state index contributed by atoms with van der Waals surface area (Å²) in [6, 6.07) is 14.1. The van der Waals surface area contributed by atoms with Crippen LogP contribution < -0.4 is 5.32 Å². The van der Waals surface area contributed by atoms with Crippen molar-refractivity contribution in [1.29, 1.82) is 0 Å². The highest BCUT2D eigenvalue weighted by molar-refractivity contribution is 7.90. The van der Waals surface area contributed by atoms with Crippen molar-refractivity contribution >= 4 is 15.9 Å². The molecule has 2 heterocycles. The van der Waals surface area contributed by atoms with Gasteiger partial charge in [0.1, 0.15) is 16.7 Å². The van der Waals surface area contributed by atoms with E-state index in [2.05, 4.69) is 9.71 Å². The van der Waals surface area contributed by atoms with E-state index in [1.54, 1.807) is 32.0 Å². The van der Waals surface area contributed by atoms with E-state index in [-0.39, 0.29) is 25.3 Å². The number of sulfonamides is 1. The third kappa shape index (κ3) is 5.34. The van der Waals surface area contributed by atoms with Gasteiger partial charge in [-0.1, -0.05) is 42.5 Å². The average molecular weight is 489 g/mol. The number of hydrogen-bond acceptors (Lipinski definition) is 5. The van der Waals surface area contributed by atoms with Gasteiger partial charge in [0, 0.05) is 13.0 Å². The van der Waals surface area contributed by atoms with Crippen molar-refractivity contribution in [2.45, 2.75) is 62.2 Å². The maximum atomic E-state index is 14.4. The number of hydrogen-bond donors (Lipinski definition) is 2. The number of ether oxygens (including phenoxy) is 1. The van der Waals surface area contributed by atoms with Crippen LogP contribution in [0.5, 0.6) is 0 Å². The first kappa shape index (κ1) is 24.8. The van der Waals surface area contributed by atoms with Crippen molar-refractivity contribution in [2.24, 2.45) is 4.40 Å². The summed E-state index contributed by atoms with van der Waals surface area (Å²) in [5, 5.41) is 11.9. The molecule has 0 radical (unpaired) electrons. The van der Waals surface area contributed by atoms with Crippen LogP contribution in [0.1, 0.15) is 73.3 Å². The summed E-state index contributed by atoms with van der Waals surface area (Å²) < 4.78 is 51.2. The minimum atomic E-state index is -3.93. The maximum Gasteiger partial charge on any atom is 0.267 e. The number of piperidine rings is 1. The highest BCUT2D eigenvalue weighted by Crippen LogP contribution is 2.42. The number of rotatable bonds is 7. The smallest absolute Gasteiger partial charge is 0.267 e. The highest BCUT2D eigenvalue weighted by atomic mass is 32.2. The van der Waals surface area contributed by atoms with E-state index in [4.69, 9.17) is 4.74 Å². The fourth-order valence-corrected chi connectivity index (χ4v) is 6.99. The topological polar surface area (TPSA) is 88.0 Å². The van der Waals surface area contributed by atoms with Gasteiger partial charge in [-0.05, 0) is 80.8 Å². The van der Waals surface area contributed by atoms with Crippen LogP contribution in [-0.2, 0) is 14.8 Å². The largest absolute Gasteiger partial charge is 0.472 e. The van der Waals surface area contributed by atoms with Crippen LogP contribution in [0.3, 0.4) is 0 Å². The molecule has 2 aromatic carbocycles. The monoisotopic (exact) mass is 488 g/mol. The predicted octanol–water partition coefficient (Wildman–Crippen LogP) is 4.43. The molecule has 2 atom stereocenters. The molecule has 1 unspecified atom stereocenters. The molecule has 0 bridgehead atoms. The third-order valence-electron chi connectivity index (χ3n) is 6.83. The summed E-state index contributed by atoms with van der Waals surface area (Å²) in [6.07, 6.45) is 2.50. The Kier molecular flexibility index (Phi) is 7.40. The summed E-state index contributed by atoms with van der Waals surface area (Å²) in [5.74, 6) is -0.314. The molecule has 0 amide bonds. The fourth-order valence-electron chi connectivity index (χ4n) is 5.22. The maximum absolute atomic E-state index is 14.4. The second kappa shape index (κ2) is 10.1. The van der Waals surface area contributed by atoms with Crippen LogP contribution in [0.25, 0.3) is 0 Å². The normalized spacial score (nSPS) is 23.1. The molecule has 4 rings (SSSR count). The van der Waals surface area contributed by atoms with Crippen molar-refractivity contribution in [1.82, 2.24) is 5.32 Å². The molecule has 2 aliphatic rings. The Morgan fingerprint density at radius 3 is 2.38 bits per heavy atom. The lowest BCUT2D eigenvalue weighted by molar-refractivity contribution is 0.0797. The summed E-state index contributed by atoms with van der Waals surface area (Å²) in [7, 11) is -3.93. The first-order chi connectivity index (χ1) is 16.2. The van der Waals surface area contributed by atoms with Crippen molar-refractivity contribution in [2.75, 3.05) is 19.7 Å². The Morgan fingerprint density at radius 2 is 1.76 bits per heavy atom. The Morgan fingerprint density at radius 1 is 1.12 bits per heavy atom. The number of aliphatic hydroxyl groups is 1. The minimum absolute atomic E-state index is 0.0503. The quantitative estimate of drug-likeness (QED) is 0.602. The molecule has 0 aliphatic carbocycles. The van der Waals surface area contributed by atoms with Gasteiger partial charge in [0.05, 0.1) is 0 Å². The Hall–Kier alpha value is -2.29. The van der Waals surface area contributed by atoms with Gasteiger partial charge < -0.3 is 15.2 Å². The van der Waals surface area contributed by atoms with Gasteiger partial charge in [0.2, 0.25) is 5.90 Å². The van der Waals surface area contributed by atoms with E-state index in [1.807, 2.05) is 24.3 Å². The predicted molar refractivity (Wildman–Crippen MR) is 131 cm³/mol. The second-order valence-corrected chi connectivity index (χ2v) is 11.4. The SMILES string of the molecule is CC1(C)OC(C[C@@H](CCO)c2ccccc2F)=NS(=O)(=O)C1c1ccc(C2CCNCC2)cc1. The van der Waals surface area contributed by atoms with Crippen LogP contribution in [-0.4, -0.2) is 44.7 Å². The molecule has 6 nitrogen and oxygen atoms in total. The van der Waals surface area contributed by atoms with Gasteiger partial charge in [0.25, 0.3) is 10.0 Å². The molecule has 0 aromatic heterocycles. The van der Waals surface area contributed by atoms with Gasteiger partial charge >= 0.3 is 0 Å². The Labute approximate surface area is 201 Å². The standard InChI is InChI=1S/C26H33FN2O4S/c1-26(2)25(20-9-7-18(8-10-20)19-11-14-28-15-12-19)34(31,32)29-24(33-26)17-21(13-16-30)22-5-3-4-6-23(22)27/h3-10,19,21,25,28,30H,11-17H2,1-2H3/t21-,25?/m1/s1. The summed E-state index contributed by atoms with van der Waals surface area (Å²) in [5.41, 5.74) is 1.21. The van der Waals surface area contributed by atoms with Crippen molar-refractivity contribution in [3.63, 3.8) is 0 Å². The van der Waals surface area contributed by atoms with Crippen LogP contribution in [0.15, 0.2) is 52.9 Å². The van der Waals surface area contributed by atoms with E-state index in [1.165, 1.54) is 11.6 Å². The first-order valence-electron chi connectivity index (χ1n) is 11.9. The number of halogens is 1. The molecular weight excluding hydrogens is 455 g/mol.